The van der Waals surface area contributed by atoms with Crippen molar-refractivity contribution in [1.82, 2.24) is 4.72 Å². The van der Waals surface area contributed by atoms with Crippen molar-refractivity contribution in [2.75, 3.05) is 44.1 Å². The Hall–Kier alpha value is -2.47. The summed E-state index contributed by atoms with van der Waals surface area (Å²) in [5, 5.41) is 11.0. The number of halogens is 1. The molecule has 2 bridgehead atoms. The maximum Gasteiger partial charge on any atom is 0.286 e. The average Bonchev–Trinajstić information content (AvgIpc) is 3.14. The zero-order chi connectivity index (χ0) is 31.6. The standard InChI is InChI=1S/C34H44ClN3O6S/c1-3-43-33(40)37-45(41)17-6-4-5-9-30(42-2)27-13-10-25(27)20-38-21-34(16-7-8-23-18-26(35)12-14-28(23)34)22-44-31-15-11-24(19-29(31)38)32(39)36-45/h5,9,11-12,14-15,18-19,25,27,30,33,40H,3-4,6-8,10,13,16-17,20-22H2,1-2H3,(H,36,37,39,41)/b9-5+/t25-,27+,30-,33?,34-,45?/m0/s1. The van der Waals surface area contributed by atoms with Gasteiger partial charge in [-0.05, 0) is 105 Å². The predicted molar refractivity (Wildman–Crippen MR) is 176 cm³/mol. The molecule has 9 nitrogen and oxygen atoms in total. The molecule has 1 fully saturated rings. The number of rotatable bonds is 5. The van der Waals surface area contributed by atoms with Gasteiger partial charge in [0.1, 0.15) is 15.7 Å². The zero-order valence-electron chi connectivity index (χ0n) is 26.1. The van der Waals surface area contributed by atoms with Crippen molar-refractivity contribution in [3.63, 3.8) is 0 Å². The summed E-state index contributed by atoms with van der Waals surface area (Å²) in [7, 11) is -1.57. The molecule has 6 atom stereocenters. The summed E-state index contributed by atoms with van der Waals surface area (Å²) in [6.07, 6.45) is 9.01. The van der Waals surface area contributed by atoms with E-state index < -0.39 is 22.2 Å². The van der Waals surface area contributed by atoms with Crippen molar-refractivity contribution in [3.05, 3.63) is 70.3 Å². The minimum absolute atomic E-state index is 0.0225. The van der Waals surface area contributed by atoms with Gasteiger partial charge < -0.3 is 24.2 Å². The maximum absolute atomic E-state index is 13.9. The number of amides is 1. The SMILES string of the molecule is CCOC(O)NS1(=O)=NC(=O)c2ccc3c(c2)N(C[C@@H]2CC[C@H]2[C@@H](OC)/C=C/CCC1)C[C@@]1(CCCc2cc(Cl)ccc21)CO3. The molecule has 2 heterocycles. The van der Waals surface area contributed by atoms with Crippen LogP contribution in [-0.4, -0.2) is 66.9 Å². The first-order valence-electron chi connectivity index (χ1n) is 16.1. The molecule has 0 saturated heterocycles. The van der Waals surface area contributed by atoms with E-state index in [1.165, 1.54) is 11.1 Å². The zero-order valence-corrected chi connectivity index (χ0v) is 27.7. The number of ether oxygens (including phenoxy) is 3. The highest BCUT2D eigenvalue weighted by Crippen LogP contribution is 2.47. The largest absolute Gasteiger partial charge is 0.490 e. The molecule has 2 unspecified atom stereocenters. The Kier molecular flexibility index (Phi) is 9.90. The number of fused-ring (bicyclic) bond motifs is 4. The van der Waals surface area contributed by atoms with Gasteiger partial charge in [0.2, 0.25) is 6.41 Å². The second kappa shape index (κ2) is 13.7. The van der Waals surface area contributed by atoms with Gasteiger partial charge in [-0.3, -0.25) is 4.79 Å². The fourth-order valence-electron chi connectivity index (χ4n) is 7.47. The first-order valence-corrected chi connectivity index (χ1v) is 18.1. The third-order valence-electron chi connectivity index (χ3n) is 9.87. The number of nitrogens with zero attached hydrogens (tertiary/aromatic N) is 2. The number of benzene rings is 2. The highest BCUT2D eigenvalue weighted by Gasteiger charge is 2.44. The van der Waals surface area contributed by atoms with Gasteiger partial charge in [0.25, 0.3) is 5.91 Å². The molecule has 11 heteroatoms. The third kappa shape index (κ3) is 6.96. The molecule has 1 saturated carbocycles. The van der Waals surface area contributed by atoms with Gasteiger partial charge in [-0.25, -0.2) is 4.21 Å². The van der Waals surface area contributed by atoms with Gasteiger partial charge in [-0.1, -0.05) is 29.8 Å². The number of aryl methyl sites for hydroxylation is 1. The Balaban J connectivity index is 1.42. The van der Waals surface area contributed by atoms with E-state index in [9.17, 15) is 14.1 Å². The van der Waals surface area contributed by atoms with E-state index in [0.29, 0.717) is 36.8 Å². The van der Waals surface area contributed by atoms with Crippen molar-refractivity contribution in [3.8, 4) is 5.75 Å². The average molecular weight is 658 g/mol. The van der Waals surface area contributed by atoms with E-state index in [2.05, 4.69) is 38.3 Å². The number of aliphatic hydroxyl groups excluding tert-OH is 1. The smallest absolute Gasteiger partial charge is 0.286 e. The van der Waals surface area contributed by atoms with Crippen molar-refractivity contribution in [2.45, 2.75) is 69.8 Å². The van der Waals surface area contributed by atoms with Crippen LogP contribution >= 0.6 is 11.6 Å². The van der Waals surface area contributed by atoms with E-state index in [1.807, 2.05) is 18.2 Å². The molecular weight excluding hydrogens is 614 g/mol. The first-order chi connectivity index (χ1) is 21.7. The maximum atomic E-state index is 13.9. The summed E-state index contributed by atoms with van der Waals surface area (Å²) in [6, 6.07) is 11.6. The number of carbonyl (C=O) groups is 1. The van der Waals surface area contributed by atoms with E-state index >= 15 is 0 Å². The number of aliphatic hydroxyl groups is 1. The molecule has 244 valence electrons. The molecule has 45 heavy (non-hydrogen) atoms. The summed E-state index contributed by atoms with van der Waals surface area (Å²) in [5.74, 6) is 0.959. The third-order valence-corrected chi connectivity index (χ3v) is 12.0. The van der Waals surface area contributed by atoms with Crippen LogP contribution in [0.4, 0.5) is 5.69 Å². The molecule has 6 rings (SSSR count). The lowest BCUT2D eigenvalue weighted by atomic mass is 9.68. The van der Waals surface area contributed by atoms with E-state index in [0.717, 1.165) is 61.7 Å². The highest BCUT2D eigenvalue weighted by atomic mass is 35.5. The number of carbonyl (C=O) groups excluding carboxylic acids is 1. The molecule has 2 aliphatic carbocycles. The minimum Gasteiger partial charge on any atom is -0.490 e. The van der Waals surface area contributed by atoms with Crippen LogP contribution in [-0.2, 0) is 31.2 Å². The van der Waals surface area contributed by atoms with Crippen LogP contribution in [0.15, 0.2) is 52.9 Å². The summed E-state index contributed by atoms with van der Waals surface area (Å²) in [6.45, 7) is 3.98. The molecule has 2 N–H and O–H groups in total. The van der Waals surface area contributed by atoms with Crippen LogP contribution in [0.3, 0.4) is 0 Å². The first kappa shape index (κ1) is 32.5. The molecule has 1 amide bonds. The Bertz CT molecular complexity index is 1560. The summed E-state index contributed by atoms with van der Waals surface area (Å²) < 4.78 is 38.4. The van der Waals surface area contributed by atoms with Gasteiger partial charge in [0.05, 0.1) is 18.4 Å². The van der Waals surface area contributed by atoms with Gasteiger partial charge >= 0.3 is 0 Å². The van der Waals surface area contributed by atoms with Crippen molar-refractivity contribution < 1.29 is 28.3 Å². The minimum atomic E-state index is -3.34. The monoisotopic (exact) mass is 657 g/mol. The molecule has 2 aromatic rings. The van der Waals surface area contributed by atoms with Crippen molar-refractivity contribution in [2.24, 2.45) is 16.2 Å². The second-order valence-electron chi connectivity index (χ2n) is 12.7. The fourth-order valence-corrected chi connectivity index (χ4v) is 9.25. The quantitative estimate of drug-likeness (QED) is 0.317. The number of nitrogens with one attached hydrogen (secondary N) is 1. The number of hydrogen-bond donors (Lipinski definition) is 2. The molecule has 0 radical (unpaired) electrons. The van der Waals surface area contributed by atoms with Gasteiger partial charge in [-0.15, -0.1) is 4.36 Å². The highest BCUT2D eigenvalue weighted by molar-refractivity contribution is 7.92. The van der Waals surface area contributed by atoms with Crippen LogP contribution in [0.1, 0.15) is 66.9 Å². The fraction of sp³-hybridized carbons (Fsp3) is 0.559. The van der Waals surface area contributed by atoms with Gasteiger partial charge in [0, 0.05) is 48.6 Å². The number of allylic oxidation sites excluding steroid dienone is 1. The lowest BCUT2D eigenvalue weighted by molar-refractivity contribution is -0.100. The lowest BCUT2D eigenvalue weighted by Crippen LogP contribution is -2.49. The van der Waals surface area contributed by atoms with Gasteiger partial charge in [0.15, 0.2) is 0 Å². The Morgan fingerprint density at radius 2 is 2.11 bits per heavy atom. The molecule has 2 aromatic carbocycles. The predicted octanol–water partition coefficient (Wildman–Crippen LogP) is 5.63. The summed E-state index contributed by atoms with van der Waals surface area (Å²) in [5.41, 5.74) is 3.48. The molecule has 2 aliphatic heterocycles. The van der Waals surface area contributed by atoms with Crippen LogP contribution in [0.2, 0.25) is 5.02 Å². The normalized spacial score (nSPS) is 31.4. The number of hydrogen-bond acceptors (Lipinski definition) is 7. The molecule has 4 aliphatic rings. The lowest BCUT2D eigenvalue weighted by Gasteiger charge is -2.46. The van der Waals surface area contributed by atoms with E-state index in [4.69, 9.17) is 25.8 Å². The second-order valence-corrected chi connectivity index (χ2v) is 15.3. The summed E-state index contributed by atoms with van der Waals surface area (Å²) >= 11 is 6.42. The van der Waals surface area contributed by atoms with Crippen LogP contribution in [0.5, 0.6) is 5.75 Å². The molecular formula is C34H44ClN3O6S. The van der Waals surface area contributed by atoms with E-state index in [1.54, 1.807) is 20.1 Å². The van der Waals surface area contributed by atoms with Crippen molar-refractivity contribution >= 4 is 33.1 Å². The number of methoxy groups -OCH3 is 1. The Morgan fingerprint density at radius 1 is 1.24 bits per heavy atom. The summed E-state index contributed by atoms with van der Waals surface area (Å²) in [4.78, 5) is 16.0. The van der Waals surface area contributed by atoms with Crippen molar-refractivity contribution in [1.29, 1.82) is 0 Å². The number of anilines is 1. The Morgan fingerprint density at radius 3 is 2.89 bits per heavy atom. The molecule has 1 spiro atoms. The van der Waals surface area contributed by atoms with E-state index in [-0.39, 0.29) is 23.9 Å². The van der Waals surface area contributed by atoms with Crippen LogP contribution < -0.4 is 14.4 Å². The van der Waals surface area contributed by atoms with Gasteiger partial charge in [-0.2, -0.15) is 4.72 Å². The molecule has 0 aromatic heterocycles. The van der Waals surface area contributed by atoms with Crippen LogP contribution in [0, 0.1) is 11.8 Å². The van der Waals surface area contributed by atoms with Crippen LogP contribution in [0.25, 0.3) is 0 Å². The Labute approximate surface area is 271 Å². The topological polar surface area (TPSA) is 110 Å².